The Hall–Kier alpha value is -3.21. The van der Waals surface area contributed by atoms with Crippen molar-refractivity contribution in [2.75, 3.05) is 5.43 Å². The second-order valence-electron chi connectivity index (χ2n) is 5.32. The van der Waals surface area contributed by atoms with Crippen LogP contribution >= 0.6 is 11.3 Å². The maximum Gasteiger partial charge on any atom is 0.269 e. The highest BCUT2D eigenvalue weighted by molar-refractivity contribution is 7.07. The maximum atomic E-state index is 13.6. The average Bonchev–Trinajstić information content (AvgIpc) is 3.23. The number of amides is 1. The van der Waals surface area contributed by atoms with Crippen molar-refractivity contribution in [2.24, 2.45) is 0 Å². The Labute approximate surface area is 158 Å². The van der Waals surface area contributed by atoms with E-state index < -0.39 is 40.7 Å². The molecule has 0 atom stereocenters. The summed E-state index contributed by atoms with van der Waals surface area (Å²) in [5, 5.41) is 1.78. The quantitative estimate of drug-likeness (QED) is 0.275. The molecule has 0 radical (unpaired) electrons. The number of thiazole rings is 1. The molecule has 0 aliphatic carbocycles. The van der Waals surface area contributed by atoms with Gasteiger partial charge in [0.25, 0.3) is 5.91 Å². The predicted octanol–water partition coefficient (Wildman–Crippen LogP) is 4.17. The van der Waals surface area contributed by atoms with Crippen LogP contribution in [0.3, 0.4) is 0 Å². The van der Waals surface area contributed by atoms with E-state index in [0.717, 1.165) is 0 Å². The molecule has 3 rings (SSSR count). The van der Waals surface area contributed by atoms with Gasteiger partial charge in [0.05, 0.1) is 11.2 Å². The number of rotatable bonds is 6. The Kier molecular flexibility index (Phi) is 5.73. The van der Waals surface area contributed by atoms with Crippen molar-refractivity contribution < 1.29 is 31.5 Å². The topological polar surface area (TPSA) is 63.2 Å². The number of ether oxygens (including phenoxy) is 1. The SMILES string of the molecule is O=C(NNc1c(F)c(F)c(F)c(F)c1F)c1cccc(OCc2cscn2)c1. The summed E-state index contributed by atoms with van der Waals surface area (Å²) >= 11 is 1.39. The van der Waals surface area contributed by atoms with Crippen LogP contribution in [0, 0.1) is 29.1 Å². The van der Waals surface area contributed by atoms with Gasteiger partial charge in [-0.25, -0.2) is 26.9 Å². The zero-order chi connectivity index (χ0) is 20.3. The maximum absolute atomic E-state index is 13.6. The number of aromatic nitrogens is 1. The summed E-state index contributed by atoms with van der Waals surface area (Å²) < 4.78 is 72.0. The largest absolute Gasteiger partial charge is 0.487 e. The summed E-state index contributed by atoms with van der Waals surface area (Å²) in [6.45, 7) is 0.164. The zero-order valence-electron chi connectivity index (χ0n) is 13.7. The van der Waals surface area contributed by atoms with Crippen LogP contribution in [-0.4, -0.2) is 10.9 Å². The van der Waals surface area contributed by atoms with Crippen molar-refractivity contribution >= 4 is 22.9 Å². The third-order valence-corrected chi connectivity index (χ3v) is 4.11. The third kappa shape index (κ3) is 4.03. The Morgan fingerprint density at radius 3 is 2.36 bits per heavy atom. The van der Waals surface area contributed by atoms with Crippen LogP contribution in [0.15, 0.2) is 35.2 Å². The minimum absolute atomic E-state index is 0.0205. The fourth-order valence-electron chi connectivity index (χ4n) is 2.10. The van der Waals surface area contributed by atoms with Crippen molar-refractivity contribution in [3.05, 3.63) is 75.5 Å². The van der Waals surface area contributed by atoms with Gasteiger partial charge in [-0.1, -0.05) is 6.07 Å². The molecule has 0 bridgehead atoms. The number of nitrogens with zero attached hydrogens (tertiary/aromatic N) is 1. The fourth-order valence-corrected chi connectivity index (χ4v) is 2.64. The molecule has 0 unspecified atom stereocenters. The molecule has 2 N–H and O–H groups in total. The first-order valence-corrected chi connectivity index (χ1v) is 8.50. The Morgan fingerprint density at radius 1 is 1.04 bits per heavy atom. The van der Waals surface area contributed by atoms with Crippen LogP contribution in [-0.2, 0) is 6.61 Å². The first-order valence-electron chi connectivity index (χ1n) is 7.56. The molecule has 2 aromatic carbocycles. The van der Waals surface area contributed by atoms with Crippen LogP contribution in [0.5, 0.6) is 5.75 Å². The van der Waals surface area contributed by atoms with Crippen LogP contribution in [0.2, 0.25) is 0 Å². The number of hydrogen-bond acceptors (Lipinski definition) is 5. The van der Waals surface area contributed by atoms with E-state index in [4.69, 9.17) is 4.74 Å². The number of carbonyl (C=O) groups is 1. The summed E-state index contributed by atoms with van der Waals surface area (Å²) in [7, 11) is 0. The second kappa shape index (κ2) is 8.21. The Morgan fingerprint density at radius 2 is 1.71 bits per heavy atom. The summed E-state index contributed by atoms with van der Waals surface area (Å²) in [6, 6.07) is 5.76. The zero-order valence-corrected chi connectivity index (χ0v) is 14.5. The van der Waals surface area contributed by atoms with Crippen molar-refractivity contribution in [1.82, 2.24) is 10.4 Å². The van der Waals surface area contributed by atoms with Gasteiger partial charge in [-0.2, -0.15) is 0 Å². The summed E-state index contributed by atoms with van der Waals surface area (Å²) in [6.07, 6.45) is 0. The normalized spacial score (nSPS) is 10.6. The van der Waals surface area contributed by atoms with Crippen LogP contribution < -0.4 is 15.6 Å². The van der Waals surface area contributed by atoms with Crippen molar-refractivity contribution in [2.45, 2.75) is 6.61 Å². The molecule has 1 aromatic heterocycles. The smallest absolute Gasteiger partial charge is 0.269 e. The van der Waals surface area contributed by atoms with E-state index in [-0.39, 0.29) is 12.2 Å². The second-order valence-corrected chi connectivity index (χ2v) is 6.04. The number of benzene rings is 2. The lowest BCUT2D eigenvalue weighted by Crippen LogP contribution is -2.31. The minimum Gasteiger partial charge on any atom is -0.487 e. The van der Waals surface area contributed by atoms with Gasteiger partial charge >= 0.3 is 0 Å². The summed E-state index contributed by atoms with van der Waals surface area (Å²) in [5.74, 6) is -11.3. The number of hydrogen-bond donors (Lipinski definition) is 2. The van der Waals surface area contributed by atoms with Gasteiger partial charge in [-0.15, -0.1) is 11.3 Å². The van der Waals surface area contributed by atoms with E-state index in [2.05, 4.69) is 4.98 Å². The van der Waals surface area contributed by atoms with E-state index in [0.29, 0.717) is 11.4 Å². The lowest BCUT2D eigenvalue weighted by atomic mass is 10.2. The lowest BCUT2D eigenvalue weighted by molar-refractivity contribution is 0.0962. The fraction of sp³-hybridized carbons (Fsp3) is 0.0588. The molecule has 0 aliphatic heterocycles. The molecule has 0 aliphatic rings. The molecular formula is C17H10F5N3O2S. The van der Waals surface area contributed by atoms with Gasteiger partial charge < -0.3 is 4.74 Å². The molecule has 0 fully saturated rings. The van der Waals surface area contributed by atoms with Gasteiger partial charge in [0.1, 0.15) is 18.0 Å². The third-order valence-electron chi connectivity index (χ3n) is 3.48. The number of halogens is 5. The van der Waals surface area contributed by atoms with Crippen molar-refractivity contribution in [1.29, 1.82) is 0 Å². The number of nitrogens with one attached hydrogen (secondary N) is 2. The van der Waals surface area contributed by atoms with Gasteiger partial charge in [-0.3, -0.25) is 15.6 Å². The van der Waals surface area contributed by atoms with E-state index in [1.807, 2.05) is 5.43 Å². The molecule has 1 heterocycles. The first-order chi connectivity index (χ1) is 13.4. The molecule has 0 saturated carbocycles. The molecule has 146 valence electrons. The van der Waals surface area contributed by atoms with E-state index in [9.17, 15) is 26.7 Å². The van der Waals surface area contributed by atoms with Crippen molar-refractivity contribution in [3.8, 4) is 5.75 Å². The number of carbonyl (C=O) groups excluding carboxylic acids is 1. The Bertz CT molecular complexity index is 985. The van der Waals surface area contributed by atoms with Crippen LogP contribution in [0.1, 0.15) is 16.1 Å². The molecule has 5 nitrogen and oxygen atoms in total. The first kappa shape index (κ1) is 19.5. The van der Waals surface area contributed by atoms with E-state index in [1.54, 1.807) is 22.4 Å². The Balaban J connectivity index is 1.70. The van der Waals surface area contributed by atoms with Gasteiger partial charge in [0, 0.05) is 10.9 Å². The highest BCUT2D eigenvalue weighted by Crippen LogP contribution is 2.26. The van der Waals surface area contributed by atoms with Gasteiger partial charge in [0.15, 0.2) is 23.3 Å². The molecule has 0 saturated heterocycles. The highest BCUT2D eigenvalue weighted by Gasteiger charge is 2.26. The van der Waals surface area contributed by atoms with Gasteiger partial charge in [-0.05, 0) is 18.2 Å². The summed E-state index contributed by atoms with van der Waals surface area (Å²) in [4.78, 5) is 16.2. The molecule has 0 spiro atoms. The average molecular weight is 415 g/mol. The van der Waals surface area contributed by atoms with Crippen LogP contribution in [0.25, 0.3) is 0 Å². The minimum atomic E-state index is -2.29. The molecular weight excluding hydrogens is 405 g/mol. The molecule has 28 heavy (non-hydrogen) atoms. The molecule has 3 aromatic rings. The molecule has 11 heteroatoms. The molecule has 1 amide bonds. The monoisotopic (exact) mass is 415 g/mol. The van der Waals surface area contributed by atoms with E-state index in [1.165, 1.54) is 29.5 Å². The van der Waals surface area contributed by atoms with Crippen molar-refractivity contribution in [3.63, 3.8) is 0 Å². The van der Waals surface area contributed by atoms with E-state index >= 15 is 0 Å². The summed E-state index contributed by atoms with van der Waals surface area (Å²) in [5.41, 5.74) is 4.56. The lowest BCUT2D eigenvalue weighted by Gasteiger charge is -2.12. The van der Waals surface area contributed by atoms with Crippen LogP contribution in [0.4, 0.5) is 27.6 Å². The predicted molar refractivity (Wildman–Crippen MR) is 90.2 cm³/mol. The number of anilines is 1. The number of hydrazine groups is 1. The standard InChI is InChI=1S/C17H10F5N3O2S/c18-11-12(19)14(21)16(15(22)13(11)20)24-25-17(26)8-2-1-3-10(4-8)27-5-9-6-28-7-23-9/h1-4,6-7,24H,5H2,(H,25,26). The highest BCUT2D eigenvalue weighted by atomic mass is 32.1. The van der Waals surface area contributed by atoms with Gasteiger partial charge in [0.2, 0.25) is 5.82 Å².